The lowest BCUT2D eigenvalue weighted by molar-refractivity contribution is 0.387. The van der Waals surface area contributed by atoms with E-state index in [0.717, 1.165) is 23.3 Å². The third-order valence-electron chi connectivity index (χ3n) is 3.70. The average molecular weight is 295 g/mol. The summed E-state index contributed by atoms with van der Waals surface area (Å²) in [6.07, 6.45) is 5.53. The Balaban J connectivity index is 1.91. The number of aromatic nitrogens is 3. The summed E-state index contributed by atoms with van der Waals surface area (Å²) in [5, 5.41) is 1.22. The fraction of sp³-hybridized carbons (Fsp3) is 0.333. The molecule has 4 nitrogen and oxygen atoms in total. The normalized spacial score (nSPS) is 11.3. The number of hydrogen-bond acceptors (Lipinski definition) is 3. The molecule has 0 aliphatic heterocycles. The van der Waals surface area contributed by atoms with Crippen LogP contribution < -0.4 is 4.74 Å². The minimum atomic E-state index is 0.554. The predicted octanol–water partition coefficient (Wildman–Crippen LogP) is 3.76. The van der Waals surface area contributed by atoms with Crippen molar-refractivity contribution in [3.63, 3.8) is 0 Å². The quantitative estimate of drug-likeness (QED) is 0.779. The van der Waals surface area contributed by atoms with Crippen LogP contribution in [-0.2, 0) is 12.8 Å². The summed E-state index contributed by atoms with van der Waals surface area (Å²) in [7, 11) is 1.65. The highest BCUT2D eigenvalue weighted by Gasteiger charge is 2.12. The van der Waals surface area contributed by atoms with Crippen molar-refractivity contribution in [2.75, 3.05) is 7.11 Å². The van der Waals surface area contributed by atoms with Gasteiger partial charge in [0.1, 0.15) is 5.69 Å². The summed E-state index contributed by atoms with van der Waals surface area (Å²) < 4.78 is 5.44. The Labute approximate surface area is 130 Å². The Morgan fingerprint density at radius 3 is 2.82 bits per heavy atom. The number of methoxy groups -OCH3 is 1. The number of nitrogens with one attached hydrogen (secondary N) is 1. The first-order chi connectivity index (χ1) is 10.7. The van der Waals surface area contributed by atoms with E-state index in [1.165, 1.54) is 10.9 Å². The van der Waals surface area contributed by atoms with Crippen LogP contribution >= 0.6 is 0 Å². The number of ether oxygens (including phenoxy) is 1. The number of para-hydroxylation sites is 1. The highest BCUT2D eigenvalue weighted by Crippen LogP contribution is 2.23. The topological polar surface area (TPSA) is 50.8 Å². The van der Waals surface area contributed by atoms with Gasteiger partial charge in [-0.1, -0.05) is 32.0 Å². The number of benzene rings is 1. The van der Waals surface area contributed by atoms with Gasteiger partial charge in [0.25, 0.3) is 0 Å². The molecule has 0 aliphatic rings. The first-order valence-corrected chi connectivity index (χ1v) is 7.61. The molecule has 0 amide bonds. The molecule has 1 N–H and O–H groups in total. The molecule has 0 saturated carbocycles. The third kappa shape index (κ3) is 2.96. The van der Waals surface area contributed by atoms with Gasteiger partial charge in [-0.3, -0.25) is 4.98 Å². The molecule has 2 heterocycles. The van der Waals surface area contributed by atoms with Crippen LogP contribution in [0, 0.1) is 5.92 Å². The van der Waals surface area contributed by atoms with Crippen molar-refractivity contribution < 1.29 is 4.74 Å². The van der Waals surface area contributed by atoms with E-state index in [0.29, 0.717) is 18.2 Å². The van der Waals surface area contributed by atoms with E-state index in [1.807, 2.05) is 24.5 Å². The molecule has 4 heteroatoms. The van der Waals surface area contributed by atoms with E-state index in [2.05, 4.69) is 40.9 Å². The van der Waals surface area contributed by atoms with Gasteiger partial charge < -0.3 is 9.72 Å². The van der Waals surface area contributed by atoms with Crippen molar-refractivity contribution in [1.82, 2.24) is 15.0 Å². The largest absolute Gasteiger partial charge is 0.480 e. The second kappa shape index (κ2) is 6.18. The van der Waals surface area contributed by atoms with Crippen LogP contribution in [0.15, 0.2) is 36.7 Å². The van der Waals surface area contributed by atoms with Crippen molar-refractivity contribution >= 4 is 10.9 Å². The molecule has 3 rings (SSSR count). The molecule has 114 valence electrons. The monoisotopic (exact) mass is 295 g/mol. The zero-order valence-electron chi connectivity index (χ0n) is 13.3. The first kappa shape index (κ1) is 14.6. The number of nitrogens with zero attached hydrogens (tertiary/aromatic N) is 2. The Morgan fingerprint density at radius 1 is 1.23 bits per heavy atom. The van der Waals surface area contributed by atoms with Gasteiger partial charge in [-0.25, -0.2) is 4.98 Å². The number of aromatic amines is 1. The molecule has 0 unspecified atom stereocenters. The van der Waals surface area contributed by atoms with Crippen LogP contribution in [-0.4, -0.2) is 22.1 Å². The van der Waals surface area contributed by atoms with Gasteiger partial charge in [0.05, 0.1) is 12.8 Å². The Kier molecular flexibility index (Phi) is 4.09. The summed E-state index contributed by atoms with van der Waals surface area (Å²) in [4.78, 5) is 12.5. The van der Waals surface area contributed by atoms with E-state index in [4.69, 9.17) is 4.74 Å². The van der Waals surface area contributed by atoms with E-state index < -0.39 is 0 Å². The molecule has 3 aromatic rings. The van der Waals surface area contributed by atoms with Gasteiger partial charge in [-0.05, 0) is 24.0 Å². The number of rotatable bonds is 5. The molecule has 0 aliphatic carbocycles. The molecule has 0 saturated heterocycles. The maximum Gasteiger partial charge on any atom is 0.235 e. The molecule has 2 aromatic heterocycles. The molecule has 0 bridgehead atoms. The number of hydrogen-bond donors (Lipinski definition) is 1. The minimum absolute atomic E-state index is 0.554. The fourth-order valence-corrected chi connectivity index (χ4v) is 2.69. The van der Waals surface area contributed by atoms with Crippen LogP contribution in [0.2, 0.25) is 0 Å². The first-order valence-electron chi connectivity index (χ1n) is 7.61. The molecule has 0 fully saturated rings. The Bertz CT molecular complexity index is 777. The molecule has 22 heavy (non-hydrogen) atoms. The van der Waals surface area contributed by atoms with E-state index in [9.17, 15) is 0 Å². The van der Waals surface area contributed by atoms with Crippen molar-refractivity contribution in [3.05, 3.63) is 53.6 Å². The van der Waals surface area contributed by atoms with Crippen LogP contribution in [0.1, 0.15) is 30.8 Å². The number of H-pyrrole nitrogens is 1. The lowest BCUT2D eigenvalue weighted by Gasteiger charge is -2.09. The van der Waals surface area contributed by atoms with Crippen LogP contribution in [0.4, 0.5) is 0 Å². The zero-order chi connectivity index (χ0) is 15.5. The molecular formula is C18H21N3O. The van der Waals surface area contributed by atoms with Crippen molar-refractivity contribution in [3.8, 4) is 5.88 Å². The second-order valence-corrected chi connectivity index (χ2v) is 5.95. The molecule has 1 aromatic carbocycles. The van der Waals surface area contributed by atoms with Gasteiger partial charge in [-0.15, -0.1) is 0 Å². The molecule has 0 radical (unpaired) electrons. The van der Waals surface area contributed by atoms with E-state index in [1.54, 1.807) is 7.11 Å². The predicted molar refractivity (Wildman–Crippen MR) is 88.2 cm³/mol. The number of fused-ring (bicyclic) bond motifs is 1. The highest BCUT2D eigenvalue weighted by molar-refractivity contribution is 5.83. The van der Waals surface area contributed by atoms with Gasteiger partial charge in [-0.2, -0.15) is 0 Å². The van der Waals surface area contributed by atoms with Crippen molar-refractivity contribution in [1.29, 1.82) is 0 Å². The summed E-state index contributed by atoms with van der Waals surface area (Å²) in [6, 6.07) is 8.28. The van der Waals surface area contributed by atoms with Crippen molar-refractivity contribution in [2.24, 2.45) is 5.92 Å². The van der Waals surface area contributed by atoms with Crippen LogP contribution in [0.3, 0.4) is 0 Å². The lowest BCUT2D eigenvalue weighted by Crippen LogP contribution is -2.05. The Morgan fingerprint density at radius 2 is 2.05 bits per heavy atom. The van der Waals surface area contributed by atoms with Gasteiger partial charge >= 0.3 is 0 Å². The van der Waals surface area contributed by atoms with Crippen LogP contribution in [0.25, 0.3) is 10.9 Å². The summed E-state index contributed by atoms with van der Waals surface area (Å²) in [5.74, 6) is 1.18. The zero-order valence-corrected chi connectivity index (χ0v) is 13.3. The van der Waals surface area contributed by atoms with Gasteiger partial charge in [0, 0.05) is 29.7 Å². The van der Waals surface area contributed by atoms with Gasteiger partial charge in [0.2, 0.25) is 5.88 Å². The molecule has 0 atom stereocenters. The fourth-order valence-electron chi connectivity index (χ4n) is 2.69. The summed E-state index contributed by atoms with van der Waals surface area (Å²) in [5.41, 5.74) is 4.20. The maximum atomic E-state index is 5.44. The summed E-state index contributed by atoms with van der Waals surface area (Å²) >= 11 is 0. The average Bonchev–Trinajstić information content (AvgIpc) is 2.91. The smallest absolute Gasteiger partial charge is 0.235 e. The van der Waals surface area contributed by atoms with E-state index in [-0.39, 0.29) is 0 Å². The summed E-state index contributed by atoms with van der Waals surface area (Å²) in [6.45, 7) is 4.35. The molecule has 0 spiro atoms. The Hall–Kier alpha value is -2.36. The standard InChI is InChI=1S/C18H21N3O/c1-12(2)8-14-11-20-17(18(21-14)22-3)9-13-10-19-16-7-5-4-6-15(13)16/h4-7,10-12,19H,8-9H2,1-3H3. The van der Waals surface area contributed by atoms with Gasteiger partial charge in [0.15, 0.2) is 0 Å². The molecular weight excluding hydrogens is 274 g/mol. The SMILES string of the molecule is COc1nc(CC(C)C)cnc1Cc1c[nH]c2ccccc12. The lowest BCUT2D eigenvalue weighted by atomic mass is 10.1. The minimum Gasteiger partial charge on any atom is -0.480 e. The third-order valence-corrected chi connectivity index (χ3v) is 3.70. The highest BCUT2D eigenvalue weighted by atomic mass is 16.5. The maximum absolute atomic E-state index is 5.44. The van der Waals surface area contributed by atoms with Crippen LogP contribution in [0.5, 0.6) is 5.88 Å². The van der Waals surface area contributed by atoms with Crippen molar-refractivity contribution in [2.45, 2.75) is 26.7 Å². The van der Waals surface area contributed by atoms with E-state index >= 15 is 0 Å². The second-order valence-electron chi connectivity index (χ2n) is 5.95.